The molecule has 1 atom stereocenters. The molecule has 0 fully saturated rings. The van der Waals surface area contributed by atoms with Crippen LogP contribution in [-0.2, 0) is 0 Å². The van der Waals surface area contributed by atoms with Crippen LogP contribution in [0.1, 0.15) is 42.3 Å². The van der Waals surface area contributed by atoms with Crippen LogP contribution in [-0.4, -0.2) is 6.54 Å². The number of hydrogen-bond donors (Lipinski definition) is 1. The summed E-state index contributed by atoms with van der Waals surface area (Å²) >= 11 is 0. The van der Waals surface area contributed by atoms with Gasteiger partial charge in [-0.25, -0.2) is 0 Å². The molecule has 1 aromatic carbocycles. The van der Waals surface area contributed by atoms with Gasteiger partial charge in [-0.3, -0.25) is 0 Å². The smallest absolute Gasteiger partial charge is 0.135 e. The molecule has 2 aromatic rings. The summed E-state index contributed by atoms with van der Waals surface area (Å²) < 4.78 is 6.01. The molecular formula is C15H21NO. The molecule has 0 bridgehead atoms. The van der Waals surface area contributed by atoms with E-state index in [1.807, 2.05) is 0 Å². The lowest BCUT2D eigenvalue weighted by Crippen LogP contribution is -2.17. The second-order valence-electron chi connectivity index (χ2n) is 4.83. The van der Waals surface area contributed by atoms with Crippen LogP contribution in [0.3, 0.4) is 0 Å². The third-order valence-corrected chi connectivity index (χ3v) is 3.31. The molecule has 0 amide bonds. The normalized spacial score (nSPS) is 13.2. The Balaban J connectivity index is 2.60. The summed E-state index contributed by atoms with van der Waals surface area (Å²) in [6.45, 7) is 11.6. The van der Waals surface area contributed by atoms with Gasteiger partial charge in [0.2, 0.25) is 0 Å². The largest absolute Gasteiger partial charge is 0.459 e. The third kappa shape index (κ3) is 2.09. The maximum Gasteiger partial charge on any atom is 0.135 e. The Morgan fingerprint density at radius 2 is 1.94 bits per heavy atom. The topological polar surface area (TPSA) is 25.2 Å². The minimum absolute atomic E-state index is 0.270. The summed E-state index contributed by atoms with van der Waals surface area (Å²) in [6, 6.07) is 4.61. The quantitative estimate of drug-likeness (QED) is 0.862. The molecule has 2 nitrogen and oxygen atoms in total. The van der Waals surface area contributed by atoms with Crippen molar-refractivity contribution in [3.8, 4) is 0 Å². The number of nitrogens with one attached hydrogen (secondary N) is 1. The number of benzene rings is 1. The van der Waals surface area contributed by atoms with E-state index in [-0.39, 0.29) is 6.04 Å². The van der Waals surface area contributed by atoms with Crippen molar-refractivity contribution in [3.63, 3.8) is 0 Å². The number of aryl methyl sites for hydroxylation is 3. The Kier molecular flexibility index (Phi) is 3.25. The van der Waals surface area contributed by atoms with Crippen LogP contribution in [0.4, 0.5) is 0 Å². The van der Waals surface area contributed by atoms with Crippen molar-refractivity contribution in [1.82, 2.24) is 5.32 Å². The summed E-state index contributed by atoms with van der Waals surface area (Å²) in [7, 11) is 0. The van der Waals surface area contributed by atoms with Gasteiger partial charge in [0.25, 0.3) is 0 Å². The van der Waals surface area contributed by atoms with Crippen molar-refractivity contribution < 1.29 is 4.42 Å². The van der Waals surface area contributed by atoms with Crippen molar-refractivity contribution in [2.75, 3.05) is 6.54 Å². The number of hydrogen-bond acceptors (Lipinski definition) is 2. The predicted molar refractivity (Wildman–Crippen MR) is 72.5 cm³/mol. The van der Waals surface area contributed by atoms with Crippen molar-refractivity contribution in [2.24, 2.45) is 0 Å². The van der Waals surface area contributed by atoms with Gasteiger partial charge in [-0.1, -0.05) is 13.0 Å². The Morgan fingerprint density at radius 1 is 1.24 bits per heavy atom. The molecule has 0 aliphatic heterocycles. The van der Waals surface area contributed by atoms with Crippen LogP contribution in [0.15, 0.2) is 16.5 Å². The zero-order chi connectivity index (χ0) is 12.6. The van der Waals surface area contributed by atoms with Gasteiger partial charge in [0, 0.05) is 10.9 Å². The second kappa shape index (κ2) is 4.53. The maximum absolute atomic E-state index is 6.01. The van der Waals surface area contributed by atoms with E-state index in [2.05, 4.69) is 52.1 Å². The van der Waals surface area contributed by atoms with Crippen molar-refractivity contribution in [3.05, 3.63) is 34.6 Å². The lowest BCUT2D eigenvalue weighted by Gasteiger charge is -2.09. The monoisotopic (exact) mass is 231 g/mol. The number of rotatable bonds is 3. The van der Waals surface area contributed by atoms with Crippen molar-refractivity contribution in [2.45, 2.75) is 40.7 Å². The molecule has 2 heteroatoms. The number of furan rings is 1. The zero-order valence-electron chi connectivity index (χ0n) is 11.3. The highest BCUT2D eigenvalue weighted by Crippen LogP contribution is 2.32. The van der Waals surface area contributed by atoms with E-state index < -0.39 is 0 Å². The van der Waals surface area contributed by atoms with Crippen molar-refractivity contribution >= 4 is 11.0 Å². The van der Waals surface area contributed by atoms with E-state index >= 15 is 0 Å². The van der Waals surface area contributed by atoms with E-state index in [0.29, 0.717) is 0 Å². The van der Waals surface area contributed by atoms with Gasteiger partial charge in [-0.15, -0.1) is 0 Å². The molecule has 17 heavy (non-hydrogen) atoms. The zero-order valence-corrected chi connectivity index (χ0v) is 11.3. The Bertz CT molecular complexity index is 539. The van der Waals surface area contributed by atoms with Gasteiger partial charge < -0.3 is 9.73 Å². The molecular weight excluding hydrogens is 210 g/mol. The lowest BCUT2D eigenvalue weighted by molar-refractivity contribution is 0.456. The predicted octanol–water partition coefficient (Wildman–Crippen LogP) is 4.03. The second-order valence-corrected chi connectivity index (χ2v) is 4.83. The van der Waals surface area contributed by atoms with E-state index in [1.165, 1.54) is 22.1 Å². The molecule has 0 saturated carbocycles. The van der Waals surface area contributed by atoms with Gasteiger partial charge in [0.05, 0.1) is 6.04 Å². The van der Waals surface area contributed by atoms with E-state index in [4.69, 9.17) is 4.42 Å². The Morgan fingerprint density at radius 3 is 2.59 bits per heavy atom. The van der Waals surface area contributed by atoms with Crippen LogP contribution in [0.25, 0.3) is 11.0 Å². The fourth-order valence-electron chi connectivity index (χ4n) is 2.62. The van der Waals surface area contributed by atoms with Crippen LogP contribution >= 0.6 is 0 Å². The first-order valence-electron chi connectivity index (χ1n) is 6.28. The van der Waals surface area contributed by atoms with E-state index in [0.717, 1.165) is 17.9 Å². The third-order valence-electron chi connectivity index (χ3n) is 3.31. The van der Waals surface area contributed by atoms with Crippen molar-refractivity contribution in [1.29, 1.82) is 0 Å². The first-order valence-corrected chi connectivity index (χ1v) is 6.28. The fraction of sp³-hybridized carbons (Fsp3) is 0.467. The minimum Gasteiger partial charge on any atom is -0.459 e. The molecule has 0 spiro atoms. The first kappa shape index (κ1) is 12.2. The molecule has 0 radical (unpaired) electrons. The van der Waals surface area contributed by atoms with Gasteiger partial charge in [-0.05, 0) is 51.4 Å². The Labute approximate surface area is 103 Å². The average Bonchev–Trinajstić information content (AvgIpc) is 2.56. The Hall–Kier alpha value is -1.28. The minimum atomic E-state index is 0.270. The number of fused-ring (bicyclic) bond motifs is 1. The highest BCUT2D eigenvalue weighted by molar-refractivity contribution is 5.86. The first-order chi connectivity index (χ1) is 8.04. The van der Waals surface area contributed by atoms with Gasteiger partial charge in [-0.2, -0.15) is 0 Å². The summed E-state index contributed by atoms with van der Waals surface area (Å²) in [5.74, 6) is 1.07. The molecule has 1 aromatic heterocycles. The summed E-state index contributed by atoms with van der Waals surface area (Å²) in [4.78, 5) is 0. The molecule has 1 N–H and O–H groups in total. The van der Waals surface area contributed by atoms with Crippen LogP contribution in [0, 0.1) is 20.8 Å². The molecule has 1 unspecified atom stereocenters. The van der Waals surface area contributed by atoms with Gasteiger partial charge >= 0.3 is 0 Å². The summed E-state index contributed by atoms with van der Waals surface area (Å²) in [5.41, 5.74) is 4.84. The van der Waals surface area contributed by atoms with Crippen LogP contribution < -0.4 is 5.32 Å². The molecule has 0 aliphatic rings. The highest BCUT2D eigenvalue weighted by Gasteiger charge is 2.17. The van der Waals surface area contributed by atoms with Gasteiger partial charge in [0.15, 0.2) is 0 Å². The molecule has 92 valence electrons. The molecule has 2 rings (SSSR count). The molecule has 0 saturated heterocycles. The standard InChI is InChI=1S/C15H21NO/c1-6-16-12(5)15-11(4)14-10(3)7-9(2)8-13(14)17-15/h7-8,12,16H,6H2,1-5H3. The van der Waals surface area contributed by atoms with E-state index in [9.17, 15) is 0 Å². The van der Waals surface area contributed by atoms with E-state index in [1.54, 1.807) is 0 Å². The highest BCUT2D eigenvalue weighted by atomic mass is 16.3. The molecule has 0 aliphatic carbocycles. The summed E-state index contributed by atoms with van der Waals surface area (Å²) in [6.07, 6.45) is 0. The maximum atomic E-state index is 6.01. The summed E-state index contributed by atoms with van der Waals surface area (Å²) in [5, 5.41) is 4.68. The van der Waals surface area contributed by atoms with Gasteiger partial charge in [0.1, 0.15) is 11.3 Å². The van der Waals surface area contributed by atoms with Crippen LogP contribution in [0.2, 0.25) is 0 Å². The average molecular weight is 231 g/mol. The lowest BCUT2D eigenvalue weighted by atomic mass is 10.0. The fourth-order valence-corrected chi connectivity index (χ4v) is 2.62. The molecule has 1 heterocycles. The SMILES string of the molecule is CCNC(C)c1oc2cc(C)cc(C)c2c1C. The van der Waals surface area contributed by atoms with Crippen LogP contribution in [0.5, 0.6) is 0 Å².